The maximum atomic E-state index is 11.8. The van der Waals surface area contributed by atoms with Crippen LogP contribution in [0.15, 0.2) is 48.5 Å². The second-order valence-electron chi connectivity index (χ2n) is 4.35. The highest BCUT2D eigenvalue weighted by atomic mass is 16.2. The van der Waals surface area contributed by atoms with Gasteiger partial charge in [0.1, 0.15) is 0 Å². The van der Waals surface area contributed by atoms with Crippen LogP contribution < -0.4 is 16.4 Å². The highest BCUT2D eigenvalue weighted by Crippen LogP contribution is 2.12. The molecule has 4 N–H and O–H groups in total. The number of aryl methyl sites for hydroxylation is 1. The molecular weight excluding hydrogens is 238 g/mol. The van der Waals surface area contributed by atoms with Gasteiger partial charge in [-0.1, -0.05) is 24.3 Å². The van der Waals surface area contributed by atoms with Crippen LogP contribution in [0.4, 0.5) is 16.2 Å². The third kappa shape index (κ3) is 3.82. The molecule has 0 radical (unpaired) electrons. The average Bonchev–Trinajstić information content (AvgIpc) is 2.38. The van der Waals surface area contributed by atoms with E-state index < -0.39 is 0 Å². The van der Waals surface area contributed by atoms with E-state index >= 15 is 0 Å². The molecule has 98 valence electrons. The molecule has 19 heavy (non-hydrogen) atoms. The van der Waals surface area contributed by atoms with E-state index in [0.29, 0.717) is 6.54 Å². The number of anilines is 2. The summed E-state index contributed by atoms with van der Waals surface area (Å²) in [5.41, 5.74) is 9.14. The molecule has 0 unspecified atom stereocenters. The van der Waals surface area contributed by atoms with Gasteiger partial charge in [0, 0.05) is 17.9 Å². The summed E-state index contributed by atoms with van der Waals surface area (Å²) in [7, 11) is 0. The molecule has 4 nitrogen and oxygen atoms in total. The number of amides is 2. The normalized spacial score (nSPS) is 10.0. The summed E-state index contributed by atoms with van der Waals surface area (Å²) in [6.07, 6.45) is 0. The Kier molecular flexibility index (Phi) is 4.15. The Morgan fingerprint density at radius 1 is 1.05 bits per heavy atom. The van der Waals surface area contributed by atoms with Crippen molar-refractivity contribution in [1.29, 1.82) is 0 Å². The van der Waals surface area contributed by atoms with Crippen molar-refractivity contribution in [2.45, 2.75) is 13.5 Å². The van der Waals surface area contributed by atoms with E-state index in [2.05, 4.69) is 10.6 Å². The van der Waals surface area contributed by atoms with E-state index in [-0.39, 0.29) is 6.03 Å². The molecule has 0 heterocycles. The second-order valence-corrected chi connectivity index (χ2v) is 4.35. The van der Waals surface area contributed by atoms with Gasteiger partial charge in [0.15, 0.2) is 0 Å². The van der Waals surface area contributed by atoms with E-state index in [9.17, 15) is 4.79 Å². The number of nitrogens with two attached hydrogens (primary N) is 1. The van der Waals surface area contributed by atoms with E-state index in [0.717, 1.165) is 22.5 Å². The first-order chi connectivity index (χ1) is 9.17. The Labute approximate surface area is 112 Å². The fraction of sp³-hybridized carbons (Fsp3) is 0.133. The van der Waals surface area contributed by atoms with Gasteiger partial charge in [-0.3, -0.25) is 0 Å². The monoisotopic (exact) mass is 255 g/mol. The molecule has 0 aliphatic carbocycles. The maximum Gasteiger partial charge on any atom is 0.323 e. The van der Waals surface area contributed by atoms with Gasteiger partial charge in [0.2, 0.25) is 0 Å². The Morgan fingerprint density at radius 2 is 1.68 bits per heavy atom. The first-order valence-electron chi connectivity index (χ1n) is 6.11. The van der Waals surface area contributed by atoms with Gasteiger partial charge < -0.3 is 16.4 Å². The van der Waals surface area contributed by atoms with Gasteiger partial charge in [-0.25, -0.2) is 4.79 Å². The van der Waals surface area contributed by atoms with Crippen LogP contribution in [0.25, 0.3) is 0 Å². The Balaban J connectivity index is 2.01. The Bertz CT molecular complexity index is 581. The van der Waals surface area contributed by atoms with Gasteiger partial charge in [-0.05, 0) is 42.3 Å². The minimum atomic E-state index is -0.264. The van der Waals surface area contributed by atoms with Gasteiger partial charge in [0.25, 0.3) is 0 Å². The molecule has 2 aromatic carbocycles. The predicted octanol–water partition coefficient (Wildman–Crippen LogP) is 3.10. The van der Waals surface area contributed by atoms with Crippen molar-refractivity contribution in [3.8, 4) is 0 Å². The predicted molar refractivity (Wildman–Crippen MR) is 78.2 cm³/mol. The summed E-state index contributed by atoms with van der Waals surface area (Å²) in [5.74, 6) is 0. The number of hydrogen-bond acceptors (Lipinski definition) is 2. The molecule has 0 bridgehead atoms. The highest BCUT2D eigenvalue weighted by Gasteiger charge is 2.03. The number of carbonyl (C=O) groups excluding carboxylic acids is 1. The molecule has 2 aromatic rings. The number of rotatable bonds is 3. The van der Waals surface area contributed by atoms with Gasteiger partial charge in [-0.15, -0.1) is 0 Å². The van der Waals surface area contributed by atoms with Crippen molar-refractivity contribution in [2.24, 2.45) is 5.73 Å². The van der Waals surface area contributed by atoms with Crippen LogP contribution in [0.3, 0.4) is 0 Å². The zero-order valence-corrected chi connectivity index (χ0v) is 10.8. The van der Waals surface area contributed by atoms with Gasteiger partial charge in [0.05, 0.1) is 0 Å². The topological polar surface area (TPSA) is 67.2 Å². The van der Waals surface area contributed by atoms with Crippen LogP contribution >= 0.6 is 0 Å². The van der Waals surface area contributed by atoms with Crippen molar-refractivity contribution in [3.05, 3.63) is 59.7 Å². The van der Waals surface area contributed by atoms with Crippen molar-refractivity contribution in [1.82, 2.24) is 0 Å². The maximum absolute atomic E-state index is 11.8. The first-order valence-corrected chi connectivity index (χ1v) is 6.11. The van der Waals surface area contributed by atoms with Crippen molar-refractivity contribution < 1.29 is 4.79 Å². The van der Waals surface area contributed by atoms with Crippen molar-refractivity contribution in [2.75, 3.05) is 10.6 Å². The molecule has 0 aliphatic rings. The summed E-state index contributed by atoms with van der Waals surface area (Å²) in [4.78, 5) is 11.8. The number of benzene rings is 2. The fourth-order valence-corrected chi connectivity index (χ4v) is 1.79. The van der Waals surface area contributed by atoms with Crippen LogP contribution in [0.1, 0.15) is 11.1 Å². The van der Waals surface area contributed by atoms with Crippen LogP contribution in [-0.4, -0.2) is 6.03 Å². The lowest BCUT2D eigenvalue weighted by Crippen LogP contribution is -2.19. The molecular formula is C15H17N3O. The standard InChI is InChI=1S/C15H17N3O/c1-11-4-2-6-13(8-11)17-15(19)18-14-7-3-5-12(9-14)10-16/h2-9H,10,16H2,1H3,(H2,17,18,19). The smallest absolute Gasteiger partial charge is 0.323 e. The highest BCUT2D eigenvalue weighted by molar-refractivity contribution is 5.99. The zero-order chi connectivity index (χ0) is 13.7. The molecule has 0 fully saturated rings. The third-order valence-corrected chi connectivity index (χ3v) is 2.70. The van der Waals surface area contributed by atoms with Crippen LogP contribution in [-0.2, 0) is 6.54 Å². The molecule has 0 aromatic heterocycles. The summed E-state index contributed by atoms with van der Waals surface area (Å²) >= 11 is 0. The quantitative estimate of drug-likeness (QED) is 0.789. The molecule has 0 saturated carbocycles. The zero-order valence-electron chi connectivity index (χ0n) is 10.8. The lowest BCUT2D eigenvalue weighted by Gasteiger charge is -2.09. The SMILES string of the molecule is Cc1cccc(NC(=O)Nc2cccc(CN)c2)c1. The van der Waals surface area contributed by atoms with Crippen LogP contribution in [0.5, 0.6) is 0 Å². The van der Waals surface area contributed by atoms with Crippen molar-refractivity contribution in [3.63, 3.8) is 0 Å². The average molecular weight is 255 g/mol. The van der Waals surface area contributed by atoms with E-state index in [1.165, 1.54) is 0 Å². The first kappa shape index (κ1) is 13.1. The third-order valence-electron chi connectivity index (χ3n) is 2.70. The summed E-state index contributed by atoms with van der Waals surface area (Å²) < 4.78 is 0. The van der Waals surface area contributed by atoms with Crippen molar-refractivity contribution >= 4 is 17.4 Å². The summed E-state index contributed by atoms with van der Waals surface area (Å²) in [6.45, 7) is 2.43. The number of nitrogens with one attached hydrogen (secondary N) is 2. The Morgan fingerprint density at radius 3 is 2.32 bits per heavy atom. The van der Waals surface area contributed by atoms with Crippen LogP contribution in [0, 0.1) is 6.92 Å². The fourth-order valence-electron chi connectivity index (χ4n) is 1.79. The summed E-state index contributed by atoms with van der Waals surface area (Å²) in [6, 6.07) is 14.9. The van der Waals surface area contributed by atoms with Crippen LogP contribution in [0.2, 0.25) is 0 Å². The lowest BCUT2D eigenvalue weighted by atomic mass is 10.2. The molecule has 0 spiro atoms. The van der Waals surface area contributed by atoms with E-state index in [1.807, 2.05) is 55.5 Å². The number of urea groups is 1. The van der Waals surface area contributed by atoms with E-state index in [1.54, 1.807) is 0 Å². The molecule has 2 amide bonds. The molecule has 2 rings (SSSR count). The number of hydrogen-bond donors (Lipinski definition) is 3. The minimum absolute atomic E-state index is 0.264. The Hall–Kier alpha value is -2.33. The minimum Gasteiger partial charge on any atom is -0.326 e. The second kappa shape index (κ2) is 6.02. The molecule has 0 aliphatic heterocycles. The molecule has 0 atom stereocenters. The lowest BCUT2D eigenvalue weighted by molar-refractivity contribution is 0.262. The van der Waals surface area contributed by atoms with Gasteiger partial charge >= 0.3 is 6.03 Å². The van der Waals surface area contributed by atoms with Gasteiger partial charge in [-0.2, -0.15) is 0 Å². The largest absolute Gasteiger partial charge is 0.326 e. The summed E-state index contributed by atoms with van der Waals surface area (Å²) in [5, 5.41) is 5.57. The molecule has 0 saturated heterocycles. The van der Waals surface area contributed by atoms with E-state index in [4.69, 9.17) is 5.73 Å². The number of carbonyl (C=O) groups is 1. The molecule has 4 heteroatoms.